The highest BCUT2D eigenvalue weighted by Gasteiger charge is 2.25. The third-order valence-corrected chi connectivity index (χ3v) is 6.07. The molecule has 7 nitrogen and oxygen atoms in total. The van der Waals surface area contributed by atoms with Crippen molar-refractivity contribution in [3.63, 3.8) is 0 Å². The van der Waals surface area contributed by atoms with Gasteiger partial charge in [0, 0.05) is 11.7 Å². The number of hydrogen-bond donors (Lipinski definition) is 3. The summed E-state index contributed by atoms with van der Waals surface area (Å²) in [6, 6.07) is 8.32. The van der Waals surface area contributed by atoms with Gasteiger partial charge < -0.3 is 10.6 Å². The van der Waals surface area contributed by atoms with Crippen molar-refractivity contribution >= 4 is 52.7 Å². The lowest BCUT2D eigenvalue weighted by Gasteiger charge is -2.16. The average Bonchev–Trinajstić information content (AvgIpc) is 3.17. The summed E-state index contributed by atoms with van der Waals surface area (Å²) in [6.45, 7) is 1.75. The standard InChI is InChI=1S/C19H18ClN5O2S2/c1-10(25-16(23-24-19(25)28)15-3-2-8-29-15)17(26)22-12-6-7-13(14(20)9-12)18(27)21-11-4-5-11/h2-3,6-11H,4-5H2,1H3,(H,21,27)(H,22,26)(H,24,28). The molecule has 2 heterocycles. The summed E-state index contributed by atoms with van der Waals surface area (Å²) in [5.74, 6) is 0.137. The number of anilines is 1. The Labute approximate surface area is 181 Å². The van der Waals surface area contributed by atoms with Crippen molar-refractivity contribution in [3.8, 4) is 10.7 Å². The molecule has 1 aliphatic carbocycles. The van der Waals surface area contributed by atoms with Crippen LogP contribution in [0.25, 0.3) is 10.7 Å². The molecule has 1 unspecified atom stereocenters. The second-order valence-corrected chi connectivity index (χ2v) is 8.55. The van der Waals surface area contributed by atoms with Crippen LogP contribution in [0.15, 0.2) is 35.7 Å². The second-order valence-electron chi connectivity index (χ2n) is 6.81. The van der Waals surface area contributed by atoms with E-state index in [1.54, 1.807) is 29.7 Å². The summed E-state index contributed by atoms with van der Waals surface area (Å²) in [4.78, 5) is 25.9. The maximum atomic E-state index is 12.8. The van der Waals surface area contributed by atoms with E-state index < -0.39 is 6.04 Å². The Kier molecular flexibility index (Phi) is 5.53. The number of carbonyl (C=O) groups is 2. The predicted octanol–water partition coefficient (Wildman–Crippen LogP) is 4.41. The van der Waals surface area contributed by atoms with Crippen LogP contribution in [0.4, 0.5) is 5.69 Å². The van der Waals surface area contributed by atoms with Gasteiger partial charge in [-0.15, -0.1) is 11.3 Å². The molecule has 1 fully saturated rings. The number of benzene rings is 1. The van der Waals surface area contributed by atoms with E-state index in [2.05, 4.69) is 20.8 Å². The van der Waals surface area contributed by atoms with Crippen LogP contribution in [-0.2, 0) is 4.79 Å². The second kappa shape index (κ2) is 8.10. The molecule has 1 aliphatic rings. The van der Waals surface area contributed by atoms with Crippen molar-refractivity contribution in [2.75, 3.05) is 5.32 Å². The lowest BCUT2D eigenvalue weighted by molar-refractivity contribution is -0.118. The molecule has 10 heteroatoms. The van der Waals surface area contributed by atoms with Crippen molar-refractivity contribution in [2.24, 2.45) is 0 Å². The van der Waals surface area contributed by atoms with Crippen LogP contribution in [0.5, 0.6) is 0 Å². The Morgan fingerprint density at radius 3 is 2.83 bits per heavy atom. The number of rotatable bonds is 6. The first-order valence-corrected chi connectivity index (χ1v) is 10.7. The fourth-order valence-corrected chi connectivity index (χ4v) is 4.14. The van der Waals surface area contributed by atoms with Crippen molar-refractivity contribution in [1.82, 2.24) is 20.1 Å². The van der Waals surface area contributed by atoms with Gasteiger partial charge in [0.15, 0.2) is 10.6 Å². The normalized spacial score (nSPS) is 14.4. The van der Waals surface area contributed by atoms with Crippen molar-refractivity contribution < 1.29 is 9.59 Å². The summed E-state index contributed by atoms with van der Waals surface area (Å²) < 4.78 is 2.04. The lowest BCUT2D eigenvalue weighted by Crippen LogP contribution is -2.26. The van der Waals surface area contributed by atoms with Crippen LogP contribution in [0.1, 0.15) is 36.2 Å². The fraction of sp³-hybridized carbons (Fsp3) is 0.263. The molecule has 3 aromatic rings. The Hall–Kier alpha value is -2.49. The summed E-state index contributed by atoms with van der Waals surface area (Å²) in [6.07, 6.45) is 2.00. The number of halogens is 1. The zero-order valence-electron chi connectivity index (χ0n) is 15.4. The molecular weight excluding hydrogens is 430 g/mol. The van der Waals surface area contributed by atoms with Crippen molar-refractivity contribution in [3.05, 3.63) is 51.1 Å². The molecule has 2 amide bonds. The van der Waals surface area contributed by atoms with Gasteiger partial charge in [-0.2, -0.15) is 5.10 Å². The van der Waals surface area contributed by atoms with Crippen molar-refractivity contribution in [2.45, 2.75) is 31.8 Å². The topological polar surface area (TPSA) is 91.8 Å². The van der Waals surface area contributed by atoms with Gasteiger partial charge in [0.25, 0.3) is 5.91 Å². The van der Waals surface area contributed by atoms with Crippen LogP contribution in [-0.4, -0.2) is 32.6 Å². The molecule has 2 aromatic heterocycles. The largest absolute Gasteiger partial charge is 0.349 e. The zero-order valence-corrected chi connectivity index (χ0v) is 17.8. The van der Waals surface area contributed by atoms with Crippen LogP contribution >= 0.6 is 35.2 Å². The fourth-order valence-electron chi connectivity index (χ4n) is 2.88. The lowest BCUT2D eigenvalue weighted by atomic mass is 10.2. The number of amides is 2. The number of nitrogens with one attached hydrogen (secondary N) is 3. The molecule has 29 heavy (non-hydrogen) atoms. The Bertz CT molecular complexity index is 1120. The zero-order chi connectivity index (χ0) is 20.5. The summed E-state index contributed by atoms with van der Waals surface area (Å²) in [5.41, 5.74) is 0.893. The van der Waals surface area contributed by atoms with E-state index in [4.69, 9.17) is 23.8 Å². The van der Waals surface area contributed by atoms with E-state index >= 15 is 0 Å². The van der Waals surface area contributed by atoms with Gasteiger partial charge in [-0.05, 0) is 61.6 Å². The average molecular weight is 448 g/mol. The Morgan fingerprint density at radius 1 is 1.38 bits per heavy atom. The molecule has 1 atom stereocenters. The maximum Gasteiger partial charge on any atom is 0.253 e. The van der Waals surface area contributed by atoms with Crippen molar-refractivity contribution in [1.29, 1.82) is 0 Å². The molecule has 150 valence electrons. The first kappa shape index (κ1) is 19.8. The van der Waals surface area contributed by atoms with Gasteiger partial charge in [0.05, 0.1) is 15.5 Å². The highest BCUT2D eigenvalue weighted by atomic mass is 35.5. The van der Waals surface area contributed by atoms with Gasteiger partial charge in [-0.3, -0.25) is 19.3 Å². The SMILES string of the molecule is CC(C(=O)Nc1ccc(C(=O)NC2CC2)c(Cl)c1)n1c(-c2cccs2)n[nH]c1=S. The molecule has 0 spiro atoms. The number of H-pyrrole nitrogens is 1. The number of carbonyl (C=O) groups excluding carboxylic acids is 2. The molecule has 0 radical (unpaired) electrons. The van der Waals surface area contributed by atoms with Gasteiger partial charge in [0.1, 0.15) is 6.04 Å². The van der Waals surface area contributed by atoms with Crippen LogP contribution in [0.3, 0.4) is 0 Å². The number of nitrogens with zero attached hydrogens (tertiary/aromatic N) is 2. The van der Waals surface area contributed by atoms with Crippen LogP contribution < -0.4 is 10.6 Å². The molecule has 0 bridgehead atoms. The predicted molar refractivity (Wildman–Crippen MR) is 116 cm³/mol. The van der Waals surface area contributed by atoms with Gasteiger partial charge in [0.2, 0.25) is 5.91 Å². The Morgan fingerprint density at radius 2 is 2.17 bits per heavy atom. The smallest absolute Gasteiger partial charge is 0.253 e. The number of aromatic nitrogens is 3. The molecule has 3 N–H and O–H groups in total. The summed E-state index contributed by atoms with van der Waals surface area (Å²) >= 11 is 13.1. The Balaban J connectivity index is 1.51. The van der Waals surface area contributed by atoms with E-state index in [0.29, 0.717) is 21.8 Å². The van der Waals surface area contributed by atoms with Gasteiger partial charge >= 0.3 is 0 Å². The van der Waals surface area contributed by atoms with E-state index in [-0.39, 0.29) is 22.9 Å². The molecule has 1 aromatic carbocycles. The summed E-state index contributed by atoms with van der Waals surface area (Å²) in [7, 11) is 0. The van der Waals surface area contributed by atoms with Crippen LogP contribution in [0.2, 0.25) is 5.02 Å². The molecule has 1 saturated carbocycles. The van der Waals surface area contributed by atoms with Gasteiger partial charge in [-0.25, -0.2) is 0 Å². The van der Waals surface area contributed by atoms with E-state index in [1.807, 2.05) is 17.5 Å². The van der Waals surface area contributed by atoms with E-state index in [0.717, 1.165) is 17.7 Å². The summed E-state index contributed by atoms with van der Waals surface area (Å²) in [5, 5.41) is 15.0. The maximum absolute atomic E-state index is 12.8. The highest BCUT2D eigenvalue weighted by Crippen LogP contribution is 2.27. The number of hydrogen-bond acceptors (Lipinski definition) is 5. The third kappa shape index (κ3) is 4.26. The highest BCUT2D eigenvalue weighted by molar-refractivity contribution is 7.71. The molecule has 4 rings (SSSR count). The van der Waals surface area contributed by atoms with E-state index in [9.17, 15) is 9.59 Å². The van der Waals surface area contributed by atoms with E-state index in [1.165, 1.54) is 11.3 Å². The minimum Gasteiger partial charge on any atom is -0.349 e. The molecule has 0 aliphatic heterocycles. The van der Waals surface area contributed by atoms with Crippen LogP contribution in [0, 0.1) is 4.77 Å². The van der Waals surface area contributed by atoms with Gasteiger partial charge in [-0.1, -0.05) is 17.7 Å². The number of thiophene rings is 1. The third-order valence-electron chi connectivity index (χ3n) is 4.61. The molecule has 0 saturated heterocycles. The quantitative estimate of drug-likeness (QED) is 0.488. The number of aromatic amines is 1. The molecular formula is C19H18ClN5O2S2. The monoisotopic (exact) mass is 447 g/mol. The first-order chi connectivity index (χ1) is 13.9. The minimum atomic E-state index is -0.602. The minimum absolute atomic E-state index is 0.200. The first-order valence-electron chi connectivity index (χ1n) is 9.06.